The highest BCUT2D eigenvalue weighted by Crippen LogP contribution is 2.71. The Morgan fingerprint density at radius 1 is 1.18 bits per heavy atom. The summed E-state index contributed by atoms with van der Waals surface area (Å²) in [4.78, 5) is 24.3. The van der Waals surface area contributed by atoms with Crippen molar-refractivity contribution < 1.29 is 14.7 Å². The summed E-state index contributed by atoms with van der Waals surface area (Å²) in [6.45, 7) is 0. The quantitative estimate of drug-likeness (QED) is 0.837. The van der Waals surface area contributed by atoms with Crippen LogP contribution in [-0.4, -0.2) is 11.9 Å². The Kier molecular flexibility index (Phi) is 2.98. The van der Waals surface area contributed by atoms with Crippen molar-refractivity contribution in [2.45, 2.75) is 12.8 Å². The molecule has 1 aromatic rings. The normalized spacial score (nSPS) is 33.1. The molecule has 4 rings (SSSR count). The number of amides is 1. The molecular weight excluding hydrogens is 346 g/mol. The summed E-state index contributed by atoms with van der Waals surface area (Å²) in [6.07, 6.45) is 6.06. The molecule has 0 radical (unpaired) electrons. The fourth-order valence-electron chi connectivity index (χ4n) is 4.47. The number of carboxylic acid groups (broad SMARTS) is 1. The molecule has 1 N–H and O–H groups in total. The Bertz CT molecular complexity index is 695. The number of benzene rings is 1. The van der Waals surface area contributed by atoms with E-state index in [1.54, 1.807) is 6.07 Å². The molecule has 1 aromatic carbocycles. The van der Waals surface area contributed by atoms with Crippen molar-refractivity contribution in [3.8, 4) is 0 Å². The summed E-state index contributed by atoms with van der Waals surface area (Å²) in [5.74, 6) is -2.55. The van der Waals surface area contributed by atoms with E-state index in [1.165, 1.54) is 0 Å². The first-order chi connectivity index (χ1) is 10.5. The van der Waals surface area contributed by atoms with Gasteiger partial charge < -0.3 is 15.2 Å². The number of aliphatic carboxylic acids is 1. The highest BCUT2D eigenvalue weighted by Gasteiger charge is 2.68. The summed E-state index contributed by atoms with van der Waals surface area (Å²) in [7, 11) is 0. The van der Waals surface area contributed by atoms with Crippen LogP contribution in [-0.2, 0) is 9.59 Å². The van der Waals surface area contributed by atoms with E-state index in [0.717, 1.165) is 17.3 Å². The van der Waals surface area contributed by atoms with E-state index in [0.29, 0.717) is 5.69 Å². The lowest BCUT2D eigenvalue weighted by molar-refractivity contribution is -0.313. The van der Waals surface area contributed by atoms with Gasteiger partial charge in [-0.15, -0.1) is 0 Å². The first-order valence-corrected chi connectivity index (χ1v) is 8.28. The average Bonchev–Trinajstić information content (AvgIpc) is 3.12. The molecule has 1 amide bonds. The molecule has 3 aliphatic rings. The number of nitrogens with one attached hydrogen (secondary N) is 1. The molecule has 114 valence electrons. The second kappa shape index (κ2) is 4.69. The van der Waals surface area contributed by atoms with Crippen LogP contribution in [0, 0.1) is 29.1 Å². The monoisotopic (exact) mass is 360 g/mol. The van der Waals surface area contributed by atoms with Gasteiger partial charge in [-0.1, -0.05) is 34.1 Å². The minimum Gasteiger partial charge on any atom is -0.550 e. The molecule has 4 atom stereocenters. The van der Waals surface area contributed by atoms with Crippen LogP contribution in [0.2, 0.25) is 0 Å². The van der Waals surface area contributed by atoms with E-state index in [2.05, 4.69) is 21.2 Å². The standard InChI is InChI=1S/C17H16BrNO3/c18-9-2-1-3-10(8-9)19-15(20)13-11-4-5-12(14(13)16(21)22)17(11)6-7-17/h1-5,8,11-14H,6-7H2,(H,19,20)(H,21,22)/p-1/t11-,12+,13-,14+/m1/s1. The lowest BCUT2D eigenvalue weighted by Crippen LogP contribution is -2.42. The van der Waals surface area contributed by atoms with E-state index in [9.17, 15) is 14.7 Å². The maximum atomic E-state index is 12.7. The van der Waals surface area contributed by atoms with Crippen LogP contribution < -0.4 is 10.4 Å². The third-order valence-corrected chi connectivity index (χ3v) is 6.00. The Hall–Kier alpha value is -1.62. The number of hydrogen-bond donors (Lipinski definition) is 1. The van der Waals surface area contributed by atoms with Gasteiger partial charge in [-0.25, -0.2) is 0 Å². The third-order valence-electron chi connectivity index (χ3n) is 5.51. The number of halogens is 1. The van der Waals surface area contributed by atoms with Gasteiger partial charge in [0.2, 0.25) is 5.91 Å². The summed E-state index contributed by atoms with van der Waals surface area (Å²) in [5.41, 5.74) is 0.692. The molecular formula is C17H15BrNO3-. The van der Waals surface area contributed by atoms with Gasteiger partial charge >= 0.3 is 0 Å². The molecule has 1 spiro atoms. The Morgan fingerprint density at radius 2 is 1.86 bits per heavy atom. The number of rotatable bonds is 3. The fourth-order valence-corrected chi connectivity index (χ4v) is 4.87. The number of hydrogen-bond acceptors (Lipinski definition) is 3. The molecule has 2 saturated carbocycles. The molecule has 4 nitrogen and oxygen atoms in total. The highest BCUT2D eigenvalue weighted by atomic mass is 79.9. The van der Waals surface area contributed by atoms with Crippen LogP contribution in [0.25, 0.3) is 0 Å². The molecule has 0 saturated heterocycles. The van der Waals surface area contributed by atoms with Gasteiger partial charge in [0.05, 0.1) is 5.92 Å². The summed E-state index contributed by atoms with van der Waals surface area (Å²) >= 11 is 3.36. The van der Waals surface area contributed by atoms with Crippen LogP contribution in [0.3, 0.4) is 0 Å². The van der Waals surface area contributed by atoms with Crippen LogP contribution in [0.4, 0.5) is 5.69 Å². The van der Waals surface area contributed by atoms with Crippen LogP contribution in [0.5, 0.6) is 0 Å². The summed E-state index contributed by atoms with van der Waals surface area (Å²) in [6, 6.07) is 7.31. The maximum Gasteiger partial charge on any atom is 0.228 e. The van der Waals surface area contributed by atoms with Gasteiger partial charge in [0.1, 0.15) is 0 Å². The van der Waals surface area contributed by atoms with Gasteiger partial charge in [-0.2, -0.15) is 0 Å². The SMILES string of the molecule is O=C([O-])[C@@H]1[C@H](C(=O)Nc2cccc(Br)c2)[C@H]2C=C[C@@H]1C21CC1. The molecule has 2 bridgehead atoms. The van der Waals surface area contributed by atoms with E-state index in [4.69, 9.17) is 0 Å². The van der Waals surface area contributed by atoms with E-state index in [1.807, 2.05) is 30.4 Å². The lowest BCUT2D eigenvalue weighted by atomic mass is 9.82. The summed E-state index contributed by atoms with van der Waals surface area (Å²) in [5, 5.41) is 14.5. The molecule has 0 heterocycles. The minimum atomic E-state index is -1.10. The van der Waals surface area contributed by atoms with Crippen molar-refractivity contribution in [2.75, 3.05) is 5.32 Å². The van der Waals surface area contributed by atoms with Crippen molar-refractivity contribution in [3.63, 3.8) is 0 Å². The van der Waals surface area contributed by atoms with Gasteiger partial charge in [0.15, 0.2) is 0 Å². The van der Waals surface area contributed by atoms with Crippen LogP contribution in [0.15, 0.2) is 40.9 Å². The van der Waals surface area contributed by atoms with E-state index in [-0.39, 0.29) is 23.2 Å². The van der Waals surface area contributed by atoms with E-state index >= 15 is 0 Å². The number of carbonyl (C=O) groups is 2. The highest BCUT2D eigenvalue weighted by molar-refractivity contribution is 9.10. The molecule has 0 unspecified atom stereocenters. The first kappa shape index (κ1) is 14.0. The fraction of sp³-hybridized carbons (Fsp3) is 0.412. The second-order valence-corrected chi connectivity index (χ2v) is 7.46. The Labute approximate surface area is 136 Å². The second-order valence-electron chi connectivity index (χ2n) is 6.54. The zero-order valence-corrected chi connectivity index (χ0v) is 13.4. The van der Waals surface area contributed by atoms with Crippen molar-refractivity contribution in [1.29, 1.82) is 0 Å². The summed E-state index contributed by atoms with van der Waals surface area (Å²) < 4.78 is 0.869. The van der Waals surface area contributed by atoms with Crippen molar-refractivity contribution in [1.82, 2.24) is 0 Å². The molecule has 0 aliphatic heterocycles. The van der Waals surface area contributed by atoms with Crippen molar-refractivity contribution >= 4 is 33.5 Å². The zero-order chi connectivity index (χ0) is 15.5. The number of carboxylic acids is 1. The largest absolute Gasteiger partial charge is 0.550 e. The molecule has 0 aromatic heterocycles. The van der Waals surface area contributed by atoms with E-state index < -0.39 is 17.8 Å². The van der Waals surface area contributed by atoms with Gasteiger partial charge in [-0.3, -0.25) is 4.79 Å². The molecule has 22 heavy (non-hydrogen) atoms. The van der Waals surface area contributed by atoms with Crippen molar-refractivity contribution in [2.24, 2.45) is 29.1 Å². The molecule has 3 aliphatic carbocycles. The third kappa shape index (κ3) is 1.88. The number of anilines is 1. The smallest absolute Gasteiger partial charge is 0.228 e. The number of carbonyl (C=O) groups excluding carboxylic acids is 2. The predicted octanol–water partition coefficient (Wildman–Crippen LogP) is 1.97. The predicted molar refractivity (Wildman–Crippen MR) is 82.5 cm³/mol. The van der Waals surface area contributed by atoms with Gasteiger partial charge in [0.25, 0.3) is 0 Å². The minimum absolute atomic E-state index is 0.0179. The molecule has 2 fully saturated rings. The average molecular weight is 361 g/mol. The lowest BCUT2D eigenvalue weighted by Gasteiger charge is -2.27. The maximum absolute atomic E-state index is 12.7. The molecule has 5 heteroatoms. The van der Waals surface area contributed by atoms with Crippen molar-refractivity contribution in [3.05, 3.63) is 40.9 Å². The van der Waals surface area contributed by atoms with Crippen LogP contribution in [0.1, 0.15) is 12.8 Å². The topological polar surface area (TPSA) is 69.2 Å². The Balaban J connectivity index is 1.62. The van der Waals surface area contributed by atoms with Crippen LogP contribution >= 0.6 is 15.9 Å². The van der Waals surface area contributed by atoms with Gasteiger partial charge in [-0.05, 0) is 48.3 Å². The Morgan fingerprint density at radius 3 is 2.45 bits per heavy atom. The number of allylic oxidation sites excluding steroid dienone is 2. The first-order valence-electron chi connectivity index (χ1n) is 7.48. The van der Waals surface area contributed by atoms with Gasteiger partial charge in [0, 0.05) is 22.0 Å². The zero-order valence-electron chi connectivity index (χ0n) is 11.8.